The van der Waals surface area contributed by atoms with Crippen LogP contribution in [0, 0.1) is 5.82 Å². The van der Waals surface area contributed by atoms with Crippen LogP contribution in [0.25, 0.3) is 0 Å². The Morgan fingerprint density at radius 1 is 1.33 bits per heavy atom. The summed E-state index contributed by atoms with van der Waals surface area (Å²) in [7, 11) is 0. The molecular weight excluding hydrogens is 291 g/mol. The van der Waals surface area contributed by atoms with Gasteiger partial charge in [0.15, 0.2) is 0 Å². The Bertz CT molecular complexity index is 622. The van der Waals surface area contributed by atoms with E-state index in [1.165, 1.54) is 43.9 Å². The maximum Gasteiger partial charge on any atom is 0.124 e. The van der Waals surface area contributed by atoms with E-state index in [9.17, 15) is 9.50 Å². The number of aliphatic hydroxyl groups is 1. The van der Waals surface area contributed by atoms with Crippen molar-refractivity contribution >= 4 is 11.6 Å². The molecule has 1 aromatic heterocycles. The second-order valence-electron chi connectivity index (χ2n) is 5.61. The molecule has 0 radical (unpaired) electrons. The molecule has 1 saturated carbocycles. The third-order valence-corrected chi connectivity index (χ3v) is 4.41. The molecule has 1 aliphatic carbocycles. The molecule has 0 aliphatic heterocycles. The molecule has 1 unspecified atom stereocenters. The highest BCUT2D eigenvalue weighted by molar-refractivity contribution is 6.31. The zero-order valence-corrected chi connectivity index (χ0v) is 12.4. The van der Waals surface area contributed by atoms with Crippen LogP contribution in [0.1, 0.15) is 49.1 Å². The van der Waals surface area contributed by atoms with Gasteiger partial charge in [-0.05, 0) is 36.6 Å². The molecule has 1 aromatic carbocycles. The smallest absolute Gasteiger partial charge is 0.124 e. The first-order valence-electron chi connectivity index (χ1n) is 7.30. The minimum Gasteiger partial charge on any atom is -0.388 e. The van der Waals surface area contributed by atoms with Gasteiger partial charge in [0.25, 0.3) is 0 Å². The molecule has 1 aliphatic rings. The fourth-order valence-electron chi connectivity index (χ4n) is 2.94. The van der Waals surface area contributed by atoms with Crippen molar-refractivity contribution in [3.8, 4) is 0 Å². The fraction of sp³-hybridized carbons (Fsp3) is 0.438. The summed E-state index contributed by atoms with van der Waals surface area (Å²) in [5.74, 6) is -0.401. The number of hydrogen-bond donors (Lipinski definition) is 1. The standard InChI is InChI=1S/C16H18ClFN2O/c17-15-9-11(18)5-6-14(15)16(21)10-12-7-8-20(19-12)13-3-1-2-4-13/h5-9,13,16,21H,1-4,10H2. The monoisotopic (exact) mass is 308 g/mol. The lowest BCUT2D eigenvalue weighted by atomic mass is 10.1. The molecule has 1 N–H and O–H groups in total. The molecule has 3 nitrogen and oxygen atoms in total. The lowest BCUT2D eigenvalue weighted by molar-refractivity contribution is 0.177. The lowest BCUT2D eigenvalue weighted by Crippen LogP contribution is -2.07. The van der Waals surface area contributed by atoms with Crippen LogP contribution in [0.3, 0.4) is 0 Å². The summed E-state index contributed by atoms with van der Waals surface area (Å²) in [6.07, 6.45) is 6.45. The first-order valence-corrected chi connectivity index (χ1v) is 7.68. The number of benzene rings is 1. The average Bonchev–Trinajstić information content (AvgIpc) is 3.08. The van der Waals surface area contributed by atoms with Crippen LogP contribution in [0.5, 0.6) is 0 Å². The van der Waals surface area contributed by atoms with Gasteiger partial charge in [-0.25, -0.2) is 4.39 Å². The van der Waals surface area contributed by atoms with Crippen molar-refractivity contribution < 1.29 is 9.50 Å². The van der Waals surface area contributed by atoms with Gasteiger partial charge in [0.2, 0.25) is 0 Å². The van der Waals surface area contributed by atoms with Gasteiger partial charge in [-0.3, -0.25) is 4.68 Å². The van der Waals surface area contributed by atoms with Gasteiger partial charge in [0.1, 0.15) is 5.82 Å². The second-order valence-corrected chi connectivity index (χ2v) is 6.02. The summed E-state index contributed by atoms with van der Waals surface area (Å²) < 4.78 is 15.0. The van der Waals surface area contributed by atoms with Crippen LogP contribution in [-0.4, -0.2) is 14.9 Å². The third-order valence-electron chi connectivity index (χ3n) is 4.09. The Morgan fingerprint density at radius 2 is 2.10 bits per heavy atom. The van der Waals surface area contributed by atoms with E-state index >= 15 is 0 Å². The van der Waals surface area contributed by atoms with Crippen molar-refractivity contribution in [3.63, 3.8) is 0 Å². The van der Waals surface area contributed by atoms with Crippen LogP contribution in [0.4, 0.5) is 4.39 Å². The van der Waals surface area contributed by atoms with Crippen LogP contribution < -0.4 is 0 Å². The van der Waals surface area contributed by atoms with E-state index in [2.05, 4.69) is 5.10 Å². The molecule has 0 bridgehead atoms. The number of rotatable bonds is 4. The largest absolute Gasteiger partial charge is 0.388 e. The third kappa shape index (κ3) is 3.27. The maximum absolute atomic E-state index is 13.0. The summed E-state index contributed by atoms with van der Waals surface area (Å²) >= 11 is 5.97. The Labute approximate surface area is 128 Å². The van der Waals surface area contributed by atoms with Crippen molar-refractivity contribution in [1.82, 2.24) is 9.78 Å². The summed E-state index contributed by atoms with van der Waals surface area (Å²) in [6, 6.07) is 6.47. The predicted molar refractivity (Wildman–Crippen MR) is 79.8 cm³/mol. The second kappa shape index (κ2) is 6.16. The van der Waals surface area contributed by atoms with E-state index in [4.69, 9.17) is 11.6 Å². The highest BCUT2D eigenvalue weighted by Crippen LogP contribution is 2.30. The molecule has 112 valence electrons. The van der Waals surface area contributed by atoms with Crippen molar-refractivity contribution in [2.24, 2.45) is 0 Å². The molecule has 0 spiro atoms. The number of aromatic nitrogens is 2. The molecule has 21 heavy (non-hydrogen) atoms. The minimum atomic E-state index is -0.773. The Balaban J connectivity index is 1.70. The van der Waals surface area contributed by atoms with Crippen molar-refractivity contribution in [2.45, 2.75) is 44.2 Å². The SMILES string of the molecule is OC(Cc1ccn(C2CCCC2)n1)c1ccc(F)cc1Cl. The van der Waals surface area contributed by atoms with Crippen molar-refractivity contribution in [1.29, 1.82) is 0 Å². The first-order chi connectivity index (χ1) is 10.1. The minimum absolute atomic E-state index is 0.248. The summed E-state index contributed by atoms with van der Waals surface area (Å²) in [6.45, 7) is 0. The van der Waals surface area contributed by atoms with Crippen LogP contribution in [0.2, 0.25) is 5.02 Å². The predicted octanol–water partition coefficient (Wildman–Crippen LogP) is 4.07. The van der Waals surface area contributed by atoms with Crippen LogP contribution in [0.15, 0.2) is 30.5 Å². The molecule has 1 atom stereocenters. The zero-order chi connectivity index (χ0) is 14.8. The van der Waals surface area contributed by atoms with E-state index in [0.29, 0.717) is 18.0 Å². The van der Waals surface area contributed by atoms with Crippen LogP contribution in [-0.2, 0) is 6.42 Å². The molecular formula is C16H18ClFN2O. The molecule has 5 heteroatoms. The van der Waals surface area contributed by atoms with Gasteiger partial charge in [-0.2, -0.15) is 5.10 Å². The average molecular weight is 309 g/mol. The van der Waals surface area contributed by atoms with Gasteiger partial charge in [-0.1, -0.05) is 30.5 Å². The summed E-state index contributed by atoms with van der Waals surface area (Å²) in [5.41, 5.74) is 1.36. The van der Waals surface area contributed by atoms with E-state index < -0.39 is 11.9 Å². The Hall–Kier alpha value is -1.39. The maximum atomic E-state index is 13.0. The summed E-state index contributed by atoms with van der Waals surface area (Å²) in [5, 5.41) is 15.1. The van der Waals surface area contributed by atoms with Gasteiger partial charge < -0.3 is 5.11 Å². The number of hydrogen-bond acceptors (Lipinski definition) is 2. The number of aliphatic hydroxyl groups excluding tert-OH is 1. The molecule has 1 fully saturated rings. The Morgan fingerprint density at radius 3 is 2.81 bits per heavy atom. The first kappa shape index (κ1) is 14.5. The molecule has 1 heterocycles. The van der Waals surface area contributed by atoms with E-state index in [1.54, 1.807) is 0 Å². The fourth-order valence-corrected chi connectivity index (χ4v) is 3.23. The van der Waals surface area contributed by atoms with Gasteiger partial charge >= 0.3 is 0 Å². The lowest BCUT2D eigenvalue weighted by Gasteiger charge is -2.12. The van der Waals surface area contributed by atoms with Gasteiger partial charge in [0.05, 0.1) is 17.8 Å². The van der Waals surface area contributed by atoms with E-state index in [0.717, 1.165) is 5.69 Å². The van der Waals surface area contributed by atoms with E-state index in [-0.39, 0.29) is 5.02 Å². The highest BCUT2D eigenvalue weighted by atomic mass is 35.5. The van der Waals surface area contributed by atoms with E-state index in [1.807, 2.05) is 16.9 Å². The molecule has 2 aromatic rings. The topological polar surface area (TPSA) is 38.0 Å². The highest BCUT2D eigenvalue weighted by Gasteiger charge is 2.19. The molecule has 3 rings (SSSR count). The molecule has 0 amide bonds. The van der Waals surface area contributed by atoms with Gasteiger partial charge in [-0.15, -0.1) is 0 Å². The van der Waals surface area contributed by atoms with Crippen LogP contribution >= 0.6 is 11.6 Å². The Kier molecular flexibility index (Phi) is 4.27. The summed E-state index contributed by atoms with van der Waals surface area (Å²) in [4.78, 5) is 0. The zero-order valence-electron chi connectivity index (χ0n) is 11.7. The van der Waals surface area contributed by atoms with Gasteiger partial charge in [0, 0.05) is 17.6 Å². The quantitative estimate of drug-likeness (QED) is 0.924. The van der Waals surface area contributed by atoms with Crippen molar-refractivity contribution in [2.75, 3.05) is 0 Å². The van der Waals surface area contributed by atoms with Crippen molar-refractivity contribution in [3.05, 3.63) is 52.6 Å². The number of halogens is 2. The molecule has 0 saturated heterocycles. The normalized spacial score (nSPS) is 17.3. The number of nitrogens with zero attached hydrogens (tertiary/aromatic N) is 2.